The van der Waals surface area contributed by atoms with Gasteiger partial charge in [0.15, 0.2) is 0 Å². The Labute approximate surface area is 383 Å². The lowest BCUT2D eigenvalue weighted by molar-refractivity contribution is 1.58. The van der Waals surface area contributed by atoms with Crippen molar-refractivity contribution in [1.82, 2.24) is 0 Å². The van der Waals surface area contributed by atoms with Crippen LogP contribution in [0.5, 0.6) is 0 Å². The lowest BCUT2D eigenvalue weighted by atomic mass is 9.83. The molecule has 0 aromatic heterocycles. The van der Waals surface area contributed by atoms with Crippen LogP contribution in [-0.4, -0.2) is 0 Å². The molecule has 0 heteroatoms. The highest BCUT2D eigenvalue weighted by atomic mass is 14.3. The number of benzene rings is 12. The molecule has 14 rings (SSSR count). The van der Waals surface area contributed by atoms with E-state index < -0.39 is 0 Å². The molecule has 0 bridgehead atoms. The van der Waals surface area contributed by atoms with Crippen molar-refractivity contribution in [2.24, 2.45) is 0 Å². The summed E-state index contributed by atoms with van der Waals surface area (Å²) in [4.78, 5) is 0. The Bertz CT molecular complexity index is 4160. The van der Waals surface area contributed by atoms with Crippen molar-refractivity contribution in [3.05, 3.63) is 243 Å². The highest BCUT2D eigenvalue weighted by Gasteiger charge is 2.26. The van der Waals surface area contributed by atoms with Gasteiger partial charge in [-0.15, -0.1) is 0 Å². The van der Waals surface area contributed by atoms with Crippen molar-refractivity contribution in [2.75, 3.05) is 0 Å². The molecule has 66 heavy (non-hydrogen) atoms. The quantitative estimate of drug-likeness (QED) is 0.146. The van der Waals surface area contributed by atoms with E-state index in [9.17, 15) is 0 Å². The highest BCUT2D eigenvalue weighted by Crippen LogP contribution is 2.55. The summed E-state index contributed by atoms with van der Waals surface area (Å²) >= 11 is 0. The summed E-state index contributed by atoms with van der Waals surface area (Å²) in [5, 5.41) is 18.3. The molecule has 304 valence electrons. The minimum Gasteiger partial charge on any atom is -0.0622 e. The summed E-state index contributed by atoms with van der Waals surface area (Å²) in [6, 6.07) is 90.3. The molecule has 0 heterocycles. The Morgan fingerprint density at radius 2 is 0.515 bits per heavy atom. The maximum atomic E-state index is 2.54. The SMILES string of the molecule is c1ccc(-c2ccc(-c3cccc(-c4c5cc6c7ccccc7c7cccc(c5c(-c5cccc(-c8ccc(-c9ccccc9)cc8)c5)c5c8cccc9cccc(c45)c98)c76)c3)cc2)cc1. The van der Waals surface area contributed by atoms with Crippen LogP contribution in [0.3, 0.4) is 0 Å². The van der Waals surface area contributed by atoms with Crippen molar-refractivity contribution in [3.63, 3.8) is 0 Å². The van der Waals surface area contributed by atoms with Crippen LogP contribution in [0.2, 0.25) is 0 Å². The Morgan fingerprint density at radius 1 is 0.152 bits per heavy atom. The van der Waals surface area contributed by atoms with E-state index >= 15 is 0 Å². The summed E-state index contributed by atoms with van der Waals surface area (Å²) in [5.74, 6) is 0. The topological polar surface area (TPSA) is 0 Å². The van der Waals surface area contributed by atoms with Crippen molar-refractivity contribution in [3.8, 4) is 66.8 Å². The average molecular weight is 833 g/mol. The third-order valence-corrected chi connectivity index (χ3v) is 14.3. The van der Waals surface area contributed by atoms with E-state index in [-0.39, 0.29) is 0 Å². The average Bonchev–Trinajstić information content (AvgIpc) is 3.90. The predicted octanol–water partition coefficient (Wildman–Crippen LogP) is 18.6. The van der Waals surface area contributed by atoms with Gasteiger partial charge in [0.2, 0.25) is 0 Å². The Kier molecular flexibility index (Phi) is 8.08. The van der Waals surface area contributed by atoms with E-state index in [1.54, 1.807) is 0 Å². The molecule has 14 aromatic rings. The molecule has 0 aliphatic rings. The molecule has 0 aliphatic heterocycles. The first-order valence-electron chi connectivity index (χ1n) is 23.0. The van der Waals surface area contributed by atoms with Gasteiger partial charge in [0.05, 0.1) is 0 Å². The molecule has 14 aromatic carbocycles. The maximum absolute atomic E-state index is 2.54. The van der Waals surface area contributed by atoms with Gasteiger partial charge in [0, 0.05) is 0 Å². The third kappa shape index (κ3) is 5.52. The first kappa shape index (κ1) is 36.9. The van der Waals surface area contributed by atoms with E-state index in [0.29, 0.717) is 0 Å². The van der Waals surface area contributed by atoms with E-state index in [2.05, 4.69) is 243 Å². The standard InChI is InChI=1S/C66H40/c1-3-14-41(15-4-1)43-30-34-45(35-31-43)48-20-9-22-50(38-48)61-59-40-58-53-25-8-7-24-52(53)54-26-13-29-57(63(54)58)64(59)62(66-56-28-12-19-47-18-11-27-55(60(47)56)65(61)66)51-23-10-21-49(39-51)46-36-32-44(33-37-46)42-16-5-2-6-17-42/h1-40H. The van der Waals surface area contributed by atoms with E-state index in [4.69, 9.17) is 0 Å². The van der Waals surface area contributed by atoms with Crippen LogP contribution >= 0.6 is 0 Å². The van der Waals surface area contributed by atoms with Crippen molar-refractivity contribution in [1.29, 1.82) is 0 Å². The zero-order chi connectivity index (χ0) is 43.3. The van der Waals surface area contributed by atoms with Crippen LogP contribution in [0, 0.1) is 0 Å². The molecule has 0 atom stereocenters. The lowest BCUT2D eigenvalue weighted by Gasteiger charge is -2.20. The fraction of sp³-hybridized carbons (Fsp3) is 0. The summed E-state index contributed by atoms with van der Waals surface area (Å²) in [5.41, 5.74) is 14.7. The van der Waals surface area contributed by atoms with Gasteiger partial charge in [-0.05, 0) is 160 Å². The lowest BCUT2D eigenvalue weighted by Crippen LogP contribution is -1.92. The summed E-state index contributed by atoms with van der Waals surface area (Å²) < 4.78 is 0. The molecular formula is C66H40. The van der Waals surface area contributed by atoms with Crippen LogP contribution in [0.4, 0.5) is 0 Å². The van der Waals surface area contributed by atoms with E-state index in [1.807, 2.05) is 0 Å². The fourth-order valence-electron chi connectivity index (χ4n) is 11.4. The van der Waals surface area contributed by atoms with Crippen LogP contribution in [-0.2, 0) is 0 Å². The Balaban J connectivity index is 1.10. The Hall–Kier alpha value is -8.58. The van der Waals surface area contributed by atoms with Gasteiger partial charge in [-0.25, -0.2) is 0 Å². The van der Waals surface area contributed by atoms with Crippen LogP contribution < -0.4 is 0 Å². The molecule has 0 unspecified atom stereocenters. The zero-order valence-electron chi connectivity index (χ0n) is 36.1. The zero-order valence-corrected chi connectivity index (χ0v) is 36.1. The maximum Gasteiger partial charge on any atom is -0.000719 e. The Morgan fingerprint density at radius 3 is 1.08 bits per heavy atom. The first-order chi connectivity index (χ1) is 32.7. The van der Waals surface area contributed by atoms with Gasteiger partial charge in [0.25, 0.3) is 0 Å². The molecular weight excluding hydrogens is 793 g/mol. The van der Waals surface area contributed by atoms with Gasteiger partial charge in [0.1, 0.15) is 0 Å². The molecule has 0 aliphatic carbocycles. The number of rotatable bonds is 6. The molecule has 0 radical (unpaired) electrons. The van der Waals surface area contributed by atoms with Gasteiger partial charge in [-0.2, -0.15) is 0 Å². The third-order valence-electron chi connectivity index (χ3n) is 14.3. The molecule has 0 saturated carbocycles. The molecule has 0 amide bonds. The largest absolute Gasteiger partial charge is 0.0622 e. The van der Waals surface area contributed by atoms with Gasteiger partial charge < -0.3 is 0 Å². The second-order valence-corrected chi connectivity index (χ2v) is 17.9. The second kappa shape index (κ2) is 14.5. The van der Waals surface area contributed by atoms with Crippen molar-refractivity contribution in [2.45, 2.75) is 0 Å². The number of fused-ring (bicyclic) bond motifs is 8. The first-order valence-corrected chi connectivity index (χ1v) is 23.0. The molecule has 0 nitrogen and oxygen atoms in total. The normalized spacial score (nSPS) is 11.9. The van der Waals surface area contributed by atoms with Crippen molar-refractivity contribution >= 4 is 75.4 Å². The minimum atomic E-state index is 1.20. The van der Waals surface area contributed by atoms with E-state index in [0.717, 1.165) is 0 Å². The number of hydrogen-bond acceptors (Lipinski definition) is 0. The van der Waals surface area contributed by atoms with Crippen LogP contribution in [0.25, 0.3) is 142 Å². The smallest absolute Gasteiger partial charge is 0.000719 e. The summed E-state index contributed by atoms with van der Waals surface area (Å²) in [6.45, 7) is 0. The number of hydrogen-bond donors (Lipinski definition) is 0. The fourth-order valence-corrected chi connectivity index (χ4v) is 11.4. The monoisotopic (exact) mass is 832 g/mol. The molecule has 0 saturated heterocycles. The van der Waals surface area contributed by atoms with Crippen molar-refractivity contribution < 1.29 is 0 Å². The van der Waals surface area contributed by atoms with Gasteiger partial charge >= 0.3 is 0 Å². The van der Waals surface area contributed by atoms with E-state index in [1.165, 1.54) is 142 Å². The molecule has 0 spiro atoms. The summed E-state index contributed by atoms with van der Waals surface area (Å²) in [6.07, 6.45) is 0. The van der Waals surface area contributed by atoms with Gasteiger partial charge in [-0.3, -0.25) is 0 Å². The minimum absolute atomic E-state index is 1.20. The highest BCUT2D eigenvalue weighted by molar-refractivity contribution is 6.44. The van der Waals surface area contributed by atoms with Crippen LogP contribution in [0.15, 0.2) is 243 Å². The second-order valence-electron chi connectivity index (χ2n) is 17.9. The van der Waals surface area contributed by atoms with Gasteiger partial charge in [-0.1, -0.05) is 224 Å². The predicted molar refractivity (Wildman–Crippen MR) is 284 cm³/mol. The van der Waals surface area contributed by atoms with Crippen LogP contribution in [0.1, 0.15) is 0 Å². The molecule has 0 fully saturated rings. The summed E-state index contributed by atoms with van der Waals surface area (Å²) in [7, 11) is 0. The molecule has 0 N–H and O–H groups in total.